The number of hydrogen-bond acceptors (Lipinski definition) is 4. The Morgan fingerprint density at radius 2 is 1.81 bits per heavy atom. The van der Waals surface area contributed by atoms with Crippen molar-refractivity contribution < 1.29 is 17.9 Å². The summed E-state index contributed by atoms with van der Waals surface area (Å²) in [6, 6.07) is 8.85. The summed E-state index contributed by atoms with van der Waals surface area (Å²) in [4.78, 5) is 12.7. The minimum Gasteiger partial charge on any atom is -0.497 e. The Morgan fingerprint density at radius 1 is 1.15 bits per heavy atom. The maximum atomic E-state index is 12.8. The molecule has 2 heterocycles. The van der Waals surface area contributed by atoms with Crippen molar-refractivity contribution >= 4 is 15.9 Å². The van der Waals surface area contributed by atoms with E-state index >= 15 is 0 Å². The first-order chi connectivity index (χ1) is 12.9. The van der Waals surface area contributed by atoms with E-state index < -0.39 is 10.0 Å². The van der Waals surface area contributed by atoms with Gasteiger partial charge in [-0.1, -0.05) is 18.6 Å². The van der Waals surface area contributed by atoms with E-state index in [1.165, 1.54) is 16.6 Å². The topological polar surface area (TPSA) is 80.6 Å². The average molecular weight is 391 g/mol. The van der Waals surface area contributed by atoms with Crippen LogP contribution in [0.4, 0.5) is 0 Å². The van der Waals surface area contributed by atoms with E-state index in [1.807, 2.05) is 24.3 Å². The molecule has 1 amide bonds. The van der Waals surface area contributed by atoms with Gasteiger partial charge >= 0.3 is 0 Å². The van der Waals surface area contributed by atoms with Crippen LogP contribution in [-0.2, 0) is 23.6 Å². The summed E-state index contributed by atoms with van der Waals surface area (Å²) in [6.45, 7) is 1.43. The number of rotatable bonds is 6. The van der Waals surface area contributed by atoms with Gasteiger partial charge in [-0.3, -0.25) is 4.79 Å². The van der Waals surface area contributed by atoms with Gasteiger partial charge in [-0.25, -0.2) is 8.42 Å². The Bertz CT molecular complexity index is 898. The van der Waals surface area contributed by atoms with Crippen molar-refractivity contribution in [2.45, 2.75) is 30.7 Å². The normalized spacial score (nSPS) is 15.5. The third kappa shape index (κ3) is 4.33. The molecule has 0 radical (unpaired) electrons. The fourth-order valence-electron chi connectivity index (χ4n) is 3.17. The molecule has 7 nitrogen and oxygen atoms in total. The van der Waals surface area contributed by atoms with Gasteiger partial charge in [0.15, 0.2) is 0 Å². The highest BCUT2D eigenvalue weighted by molar-refractivity contribution is 7.89. The first kappa shape index (κ1) is 19.4. The van der Waals surface area contributed by atoms with Gasteiger partial charge in [-0.2, -0.15) is 4.31 Å². The summed E-state index contributed by atoms with van der Waals surface area (Å²) >= 11 is 0. The van der Waals surface area contributed by atoms with Gasteiger partial charge in [-0.15, -0.1) is 0 Å². The number of amides is 1. The molecular formula is C19H25N3O4S. The molecule has 0 aliphatic carbocycles. The monoisotopic (exact) mass is 391 g/mol. The molecule has 1 N–H and O–H groups in total. The molecule has 1 aromatic heterocycles. The zero-order valence-electron chi connectivity index (χ0n) is 15.6. The molecule has 1 aromatic carbocycles. The molecule has 1 aliphatic heterocycles. The predicted octanol–water partition coefficient (Wildman–Crippen LogP) is 2.14. The molecule has 8 heteroatoms. The van der Waals surface area contributed by atoms with Crippen LogP contribution in [0.25, 0.3) is 0 Å². The van der Waals surface area contributed by atoms with Crippen LogP contribution in [0.15, 0.2) is 41.4 Å². The molecule has 0 bridgehead atoms. The molecule has 1 fully saturated rings. The van der Waals surface area contributed by atoms with E-state index in [0.29, 0.717) is 25.3 Å². The van der Waals surface area contributed by atoms with Gasteiger partial charge in [-0.05, 0) is 36.6 Å². The van der Waals surface area contributed by atoms with Crippen LogP contribution in [0.3, 0.4) is 0 Å². The van der Waals surface area contributed by atoms with Crippen LogP contribution in [-0.4, -0.2) is 43.4 Å². The van der Waals surface area contributed by atoms with Crippen LogP contribution in [0, 0.1) is 0 Å². The summed E-state index contributed by atoms with van der Waals surface area (Å²) in [6.07, 6.45) is 4.31. The number of carbonyl (C=O) groups excluding carboxylic acids is 1. The van der Waals surface area contributed by atoms with Crippen LogP contribution in [0.1, 0.15) is 35.3 Å². The summed E-state index contributed by atoms with van der Waals surface area (Å²) in [5.74, 6) is 0.438. The number of nitrogens with zero attached hydrogens (tertiary/aromatic N) is 2. The molecule has 0 saturated carbocycles. The number of aromatic nitrogens is 1. The number of piperidine rings is 1. The van der Waals surface area contributed by atoms with Gasteiger partial charge in [0.1, 0.15) is 16.3 Å². The van der Waals surface area contributed by atoms with Crippen molar-refractivity contribution in [2.75, 3.05) is 20.2 Å². The lowest BCUT2D eigenvalue weighted by Crippen LogP contribution is -2.35. The zero-order valence-corrected chi connectivity index (χ0v) is 16.5. The lowest BCUT2D eigenvalue weighted by Gasteiger charge is -2.25. The second-order valence-electron chi connectivity index (χ2n) is 6.67. The highest BCUT2D eigenvalue weighted by Crippen LogP contribution is 2.22. The number of nitrogens with one attached hydrogen (secondary N) is 1. The van der Waals surface area contributed by atoms with Crippen LogP contribution >= 0.6 is 0 Å². The number of benzene rings is 1. The van der Waals surface area contributed by atoms with Gasteiger partial charge < -0.3 is 14.6 Å². The van der Waals surface area contributed by atoms with Crippen LogP contribution in [0.5, 0.6) is 5.75 Å². The van der Waals surface area contributed by atoms with Crippen molar-refractivity contribution in [3.63, 3.8) is 0 Å². The maximum absolute atomic E-state index is 12.8. The van der Waals surface area contributed by atoms with Gasteiger partial charge in [0.2, 0.25) is 10.0 Å². The minimum atomic E-state index is -3.55. The van der Waals surface area contributed by atoms with Gasteiger partial charge in [0.25, 0.3) is 5.91 Å². The number of methoxy groups -OCH3 is 1. The lowest BCUT2D eigenvalue weighted by atomic mass is 10.2. The highest BCUT2D eigenvalue weighted by Gasteiger charge is 2.28. The maximum Gasteiger partial charge on any atom is 0.268 e. The molecule has 1 saturated heterocycles. The average Bonchev–Trinajstić information content (AvgIpc) is 3.10. The van der Waals surface area contributed by atoms with Crippen molar-refractivity contribution in [3.8, 4) is 5.75 Å². The number of hydrogen-bond donors (Lipinski definition) is 1. The first-order valence-electron chi connectivity index (χ1n) is 8.99. The summed E-state index contributed by atoms with van der Waals surface area (Å²) in [5.41, 5.74) is 1.25. The summed E-state index contributed by atoms with van der Waals surface area (Å²) in [7, 11) is -0.276. The fraction of sp³-hybridized carbons (Fsp3) is 0.421. The third-order valence-corrected chi connectivity index (χ3v) is 6.64. The SMILES string of the molecule is COc1ccc(CNC(=O)c2cc(S(=O)(=O)N3CCCCC3)cn2C)cc1. The van der Waals surface area contributed by atoms with E-state index in [-0.39, 0.29) is 10.8 Å². The Labute approximate surface area is 160 Å². The number of ether oxygens (including phenoxy) is 1. The predicted molar refractivity (Wildman–Crippen MR) is 102 cm³/mol. The van der Waals surface area contributed by atoms with Gasteiger partial charge in [0, 0.05) is 32.9 Å². The Morgan fingerprint density at radius 3 is 2.44 bits per heavy atom. The summed E-state index contributed by atoms with van der Waals surface area (Å²) in [5, 5.41) is 2.83. The first-order valence-corrected chi connectivity index (χ1v) is 10.4. The smallest absolute Gasteiger partial charge is 0.268 e. The molecule has 146 valence electrons. The van der Waals surface area contributed by atoms with Crippen LogP contribution in [0.2, 0.25) is 0 Å². The Hall–Kier alpha value is -2.32. The molecule has 0 spiro atoms. The second kappa shape index (κ2) is 8.14. The molecule has 2 aromatic rings. The standard InChI is InChI=1S/C19H25N3O4S/c1-21-14-17(27(24,25)22-10-4-3-5-11-22)12-18(21)19(23)20-13-15-6-8-16(26-2)9-7-15/h6-9,12,14H,3-5,10-11,13H2,1-2H3,(H,20,23). The quantitative estimate of drug-likeness (QED) is 0.818. The number of aryl methyl sites for hydroxylation is 1. The number of carbonyl (C=O) groups is 1. The van der Waals surface area contributed by atoms with Gasteiger partial charge in [0.05, 0.1) is 7.11 Å². The van der Waals surface area contributed by atoms with E-state index in [2.05, 4.69) is 5.32 Å². The molecule has 0 unspecified atom stereocenters. The Kier molecular flexibility index (Phi) is 5.86. The molecule has 27 heavy (non-hydrogen) atoms. The van der Waals surface area contributed by atoms with Crippen molar-refractivity contribution in [2.24, 2.45) is 7.05 Å². The number of sulfonamides is 1. The van der Waals surface area contributed by atoms with Crippen molar-refractivity contribution in [1.29, 1.82) is 0 Å². The summed E-state index contributed by atoms with van der Waals surface area (Å²) < 4.78 is 33.7. The van der Waals surface area contributed by atoms with E-state index in [1.54, 1.807) is 18.7 Å². The largest absolute Gasteiger partial charge is 0.497 e. The third-order valence-electron chi connectivity index (χ3n) is 4.78. The van der Waals surface area contributed by atoms with Crippen molar-refractivity contribution in [1.82, 2.24) is 14.2 Å². The molecule has 0 atom stereocenters. The molecule has 3 rings (SSSR count). The van der Waals surface area contributed by atoms with E-state index in [4.69, 9.17) is 4.74 Å². The van der Waals surface area contributed by atoms with E-state index in [0.717, 1.165) is 30.6 Å². The van der Waals surface area contributed by atoms with E-state index in [9.17, 15) is 13.2 Å². The lowest BCUT2D eigenvalue weighted by molar-refractivity contribution is 0.0942. The fourth-order valence-corrected chi connectivity index (χ4v) is 4.76. The minimum absolute atomic E-state index is 0.168. The highest BCUT2D eigenvalue weighted by atomic mass is 32.2. The second-order valence-corrected chi connectivity index (χ2v) is 8.61. The molecule has 1 aliphatic rings. The zero-order chi connectivity index (χ0) is 19.4. The Balaban J connectivity index is 1.70. The molecular weight excluding hydrogens is 366 g/mol. The van der Waals surface area contributed by atoms with Crippen LogP contribution < -0.4 is 10.1 Å². The van der Waals surface area contributed by atoms with Crippen molar-refractivity contribution in [3.05, 3.63) is 47.8 Å².